The van der Waals surface area contributed by atoms with E-state index in [1.807, 2.05) is 0 Å². The summed E-state index contributed by atoms with van der Waals surface area (Å²) in [5.74, 6) is -1.07. The van der Waals surface area contributed by atoms with Crippen LogP contribution in [0.4, 0.5) is 9.80 Å². The quantitative estimate of drug-likeness (QED) is 0.625. The molecule has 0 atom stereocenters. The molecule has 19 heavy (non-hydrogen) atoms. The zero-order chi connectivity index (χ0) is 14.1. The maximum absolute atomic E-state index is 11.5. The van der Waals surface area contributed by atoms with E-state index in [0.29, 0.717) is 31.4 Å². The van der Waals surface area contributed by atoms with Crippen LogP contribution in [0, 0.1) is 0 Å². The van der Waals surface area contributed by atoms with Crippen LogP contribution in [0.25, 0.3) is 0 Å². The summed E-state index contributed by atoms with van der Waals surface area (Å²) in [6, 6.07) is 0.983. The Balaban J connectivity index is 2.24. The van der Waals surface area contributed by atoms with Gasteiger partial charge in [0, 0.05) is 13.7 Å². The van der Waals surface area contributed by atoms with Crippen LogP contribution in [-0.2, 0) is 9.47 Å². The topological polar surface area (TPSA) is 96.9 Å². The van der Waals surface area contributed by atoms with Gasteiger partial charge in [-0.25, -0.2) is 9.59 Å². The molecule has 0 bridgehead atoms. The van der Waals surface area contributed by atoms with E-state index < -0.39 is 12.0 Å². The maximum Gasteiger partial charge on any atom is 0.338 e. The van der Waals surface area contributed by atoms with E-state index in [1.54, 1.807) is 12.5 Å². The first-order valence-corrected chi connectivity index (χ1v) is 6.45. The molecule has 0 saturated carbocycles. The SMILES string of the molecule is COCCOCCNC(=O)Nc1sccc1C(=O)O. The molecule has 0 radical (unpaired) electrons. The Morgan fingerprint density at radius 3 is 2.84 bits per heavy atom. The fourth-order valence-corrected chi connectivity index (χ4v) is 1.98. The smallest absolute Gasteiger partial charge is 0.338 e. The molecule has 0 aliphatic carbocycles. The molecule has 0 aliphatic rings. The van der Waals surface area contributed by atoms with E-state index >= 15 is 0 Å². The fourth-order valence-electron chi connectivity index (χ4n) is 1.20. The van der Waals surface area contributed by atoms with Gasteiger partial charge in [0.1, 0.15) is 5.00 Å². The number of carbonyl (C=O) groups is 2. The number of rotatable bonds is 8. The second-order valence-corrected chi connectivity index (χ2v) is 4.37. The van der Waals surface area contributed by atoms with Crippen LogP contribution in [0.5, 0.6) is 0 Å². The van der Waals surface area contributed by atoms with Crippen molar-refractivity contribution in [3.8, 4) is 0 Å². The highest BCUT2D eigenvalue weighted by Gasteiger charge is 2.13. The van der Waals surface area contributed by atoms with Crippen LogP contribution in [0.2, 0.25) is 0 Å². The molecule has 1 rings (SSSR count). The summed E-state index contributed by atoms with van der Waals surface area (Å²) in [7, 11) is 1.58. The van der Waals surface area contributed by atoms with Gasteiger partial charge in [0.25, 0.3) is 0 Å². The van der Waals surface area contributed by atoms with Crippen LogP contribution in [0.15, 0.2) is 11.4 Å². The van der Waals surface area contributed by atoms with E-state index in [9.17, 15) is 9.59 Å². The third kappa shape index (κ3) is 5.69. The number of urea groups is 1. The largest absolute Gasteiger partial charge is 0.478 e. The van der Waals surface area contributed by atoms with Crippen molar-refractivity contribution in [2.75, 3.05) is 38.8 Å². The summed E-state index contributed by atoms with van der Waals surface area (Å²) in [6.45, 7) is 1.67. The lowest BCUT2D eigenvalue weighted by molar-refractivity contribution is 0.0698. The van der Waals surface area contributed by atoms with Crippen molar-refractivity contribution in [1.29, 1.82) is 0 Å². The number of hydrogen-bond donors (Lipinski definition) is 3. The van der Waals surface area contributed by atoms with Crippen molar-refractivity contribution in [2.24, 2.45) is 0 Å². The average Bonchev–Trinajstić information content (AvgIpc) is 2.81. The van der Waals surface area contributed by atoms with Gasteiger partial charge < -0.3 is 19.9 Å². The lowest BCUT2D eigenvalue weighted by atomic mass is 10.3. The lowest BCUT2D eigenvalue weighted by Crippen LogP contribution is -2.31. The van der Waals surface area contributed by atoms with Gasteiger partial charge in [-0.15, -0.1) is 11.3 Å². The zero-order valence-corrected chi connectivity index (χ0v) is 11.3. The lowest BCUT2D eigenvalue weighted by Gasteiger charge is -2.07. The number of amides is 2. The summed E-state index contributed by atoms with van der Waals surface area (Å²) in [5, 5.41) is 15.8. The number of nitrogens with one attached hydrogen (secondary N) is 2. The number of ether oxygens (including phenoxy) is 2. The van der Waals surface area contributed by atoms with Gasteiger partial charge >= 0.3 is 12.0 Å². The first kappa shape index (κ1) is 15.4. The van der Waals surface area contributed by atoms with E-state index in [4.69, 9.17) is 14.6 Å². The predicted molar refractivity (Wildman–Crippen MR) is 71.0 cm³/mol. The van der Waals surface area contributed by atoms with Crippen LogP contribution in [0.3, 0.4) is 0 Å². The number of aromatic carboxylic acids is 1. The van der Waals surface area contributed by atoms with Crippen molar-refractivity contribution >= 4 is 28.3 Å². The third-order valence-corrected chi connectivity index (χ3v) is 2.92. The standard InChI is InChI=1S/C11H16N2O5S/c1-17-5-6-18-4-3-12-11(16)13-9-8(10(14)15)2-7-19-9/h2,7H,3-6H2,1H3,(H,14,15)(H2,12,13,16). The van der Waals surface area contributed by atoms with E-state index in [1.165, 1.54) is 6.07 Å². The normalized spacial score (nSPS) is 10.2. The number of carboxylic acid groups (broad SMARTS) is 1. The highest BCUT2D eigenvalue weighted by atomic mass is 32.1. The van der Waals surface area contributed by atoms with Crippen molar-refractivity contribution in [1.82, 2.24) is 5.32 Å². The molecule has 1 aromatic rings. The number of anilines is 1. The molecule has 0 fully saturated rings. The number of carboxylic acids is 1. The Kier molecular flexibility index (Phi) is 6.86. The number of hydrogen-bond acceptors (Lipinski definition) is 5. The van der Waals surface area contributed by atoms with Gasteiger partial charge in [-0.05, 0) is 11.4 Å². The molecule has 0 saturated heterocycles. The molecule has 1 heterocycles. The average molecular weight is 288 g/mol. The van der Waals surface area contributed by atoms with Crippen LogP contribution in [0.1, 0.15) is 10.4 Å². The Labute approximate surface area is 114 Å². The zero-order valence-electron chi connectivity index (χ0n) is 10.5. The van der Waals surface area contributed by atoms with E-state index in [-0.39, 0.29) is 5.56 Å². The molecule has 106 valence electrons. The Bertz CT molecular complexity index is 421. The van der Waals surface area contributed by atoms with Crippen molar-refractivity contribution in [3.05, 3.63) is 17.0 Å². The second kappa shape index (κ2) is 8.46. The molecular weight excluding hydrogens is 272 g/mol. The first-order chi connectivity index (χ1) is 9.15. The van der Waals surface area contributed by atoms with Crippen LogP contribution < -0.4 is 10.6 Å². The monoisotopic (exact) mass is 288 g/mol. The van der Waals surface area contributed by atoms with Crippen LogP contribution in [-0.4, -0.2) is 50.6 Å². The third-order valence-electron chi connectivity index (χ3n) is 2.09. The molecule has 0 aliphatic heterocycles. The molecule has 8 heteroatoms. The molecule has 3 N–H and O–H groups in total. The van der Waals surface area contributed by atoms with Crippen LogP contribution >= 0.6 is 11.3 Å². The molecule has 0 spiro atoms. The first-order valence-electron chi connectivity index (χ1n) is 5.57. The predicted octanol–water partition coefficient (Wildman–Crippen LogP) is 1.23. The molecule has 2 amide bonds. The van der Waals surface area contributed by atoms with E-state index in [0.717, 1.165) is 11.3 Å². The van der Waals surface area contributed by atoms with Crippen molar-refractivity contribution < 1.29 is 24.2 Å². The highest BCUT2D eigenvalue weighted by molar-refractivity contribution is 7.14. The number of carbonyl (C=O) groups excluding carboxylic acids is 1. The Morgan fingerprint density at radius 1 is 1.37 bits per heavy atom. The van der Waals surface area contributed by atoms with E-state index in [2.05, 4.69) is 10.6 Å². The second-order valence-electron chi connectivity index (χ2n) is 3.45. The highest BCUT2D eigenvalue weighted by Crippen LogP contribution is 2.22. The molecule has 7 nitrogen and oxygen atoms in total. The van der Waals surface area contributed by atoms with Crippen molar-refractivity contribution in [2.45, 2.75) is 0 Å². The molecule has 0 unspecified atom stereocenters. The summed E-state index contributed by atoms with van der Waals surface area (Å²) in [6.07, 6.45) is 0. The minimum absolute atomic E-state index is 0.0801. The molecule has 1 aromatic heterocycles. The number of methoxy groups -OCH3 is 1. The van der Waals surface area contributed by atoms with Gasteiger partial charge in [0.2, 0.25) is 0 Å². The minimum atomic E-state index is -1.07. The fraction of sp³-hybridized carbons (Fsp3) is 0.455. The van der Waals surface area contributed by atoms with Gasteiger partial charge in [0.05, 0.1) is 25.4 Å². The molecular formula is C11H16N2O5S. The maximum atomic E-state index is 11.5. The van der Waals surface area contributed by atoms with Gasteiger partial charge in [-0.1, -0.05) is 0 Å². The Morgan fingerprint density at radius 2 is 2.16 bits per heavy atom. The summed E-state index contributed by atoms with van der Waals surface area (Å²) in [4.78, 5) is 22.3. The molecule has 0 aromatic carbocycles. The minimum Gasteiger partial charge on any atom is -0.478 e. The van der Waals surface area contributed by atoms with Gasteiger partial charge in [0.15, 0.2) is 0 Å². The summed E-state index contributed by atoms with van der Waals surface area (Å²) < 4.78 is 9.96. The van der Waals surface area contributed by atoms with Crippen molar-refractivity contribution in [3.63, 3.8) is 0 Å². The summed E-state index contributed by atoms with van der Waals surface area (Å²) in [5.41, 5.74) is 0.0801. The number of thiophene rings is 1. The summed E-state index contributed by atoms with van der Waals surface area (Å²) >= 11 is 1.16. The Hall–Kier alpha value is -1.64. The van der Waals surface area contributed by atoms with Gasteiger partial charge in [-0.2, -0.15) is 0 Å². The van der Waals surface area contributed by atoms with Gasteiger partial charge in [-0.3, -0.25) is 5.32 Å².